The molecule has 0 aliphatic rings. The molecule has 0 saturated heterocycles. The van der Waals surface area contributed by atoms with E-state index in [4.69, 9.17) is 0 Å². The van der Waals surface area contributed by atoms with E-state index in [1.165, 1.54) is 6.07 Å². The van der Waals surface area contributed by atoms with Crippen molar-refractivity contribution >= 4 is 0 Å². The Morgan fingerprint density at radius 3 is 2.43 bits per heavy atom. The van der Waals surface area contributed by atoms with Crippen LogP contribution in [0.2, 0.25) is 0 Å². The standard InChI is InChI=1S/C17H20F2N2/c1-21(2)12-17(13-6-4-3-5-7-13)20-11-14-10-15(18)8-9-16(14)19/h3-10,17,20H,11-12H2,1-2H3. The summed E-state index contributed by atoms with van der Waals surface area (Å²) in [6.07, 6.45) is 0. The molecule has 2 aromatic rings. The molecular formula is C17H20F2N2. The molecule has 0 bridgehead atoms. The van der Waals surface area contributed by atoms with Gasteiger partial charge in [0, 0.05) is 24.7 Å². The van der Waals surface area contributed by atoms with Gasteiger partial charge in [-0.2, -0.15) is 0 Å². The smallest absolute Gasteiger partial charge is 0.127 e. The van der Waals surface area contributed by atoms with Crippen LogP contribution in [0.15, 0.2) is 48.5 Å². The summed E-state index contributed by atoms with van der Waals surface area (Å²) < 4.78 is 26.9. The summed E-state index contributed by atoms with van der Waals surface area (Å²) in [5, 5.41) is 3.30. The van der Waals surface area contributed by atoms with Gasteiger partial charge in [0.1, 0.15) is 11.6 Å². The zero-order valence-electron chi connectivity index (χ0n) is 12.3. The van der Waals surface area contributed by atoms with Gasteiger partial charge in [0.2, 0.25) is 0 Å². The Kier molecular flexibility index (Phi) is 5.42. The number of rotatable bonds is 6. The van der Waals surface area contributed by atoms with Crippen molar-refractivity contribution in [1.29, 1.82) is 0 Å². The van der Waals surface area contributed by atoms with Crippen molar-refractivity contribution in [2.75, 3.05) is 20.6 Å². The maximum absolute atomic E-state index is 13.7. The molecule has 0 saturated carbocycles. The van der Waals surface area contributed by atoms with E-state index in [9.17, 15) is 8.78 Å². The van der Waals surface area contributed by atoms with Gasteiger partial charge in [0.15, 0.2) is 0 Å². The predicted molar refractivity (Wildman–Crippen MR) is 80.9 cm³/mol. The van der Waals surface area contributed by atoms with E-state index in [1.807, 2.05) is 44.4 Å². The SMILES string of the molecule is CN(C)CC(NCc1cc(F)ccc1F)c1ccccc1. The molecule has 2 aromatic carbocycles. The average Bonchev–Trinajstić information content (AvgIpc) is 2.47. The molecule has 21 heavy (non-hydrogen) atoms. The van der Waals surface area contributed by atoms with E-state index in [-0.39, 0.29) is 18.4 Å². The van der Waals surface area contributed by atoms with Crippen molar-refractivity contribution in [2.24, 2.45) is 0 Å². The Labute approximate surface area is 124 Å². The van der Waals surface area contributed by atoms with Gasteiger partial charge in [0.25, 0.3) is 0 Å². The fourth-order valence-electron chi connectivity index (χ4n) is 2.25. The third-order valence-corrected chi connectivity index (χ3v) is 3.30. The summed E-state index contributed by atoms with van der Waals surface area (Å²) >= 11 is 0. The van der Waals surface area contributed by atoms with E-state index in [2.05, 4.69) is 10.2 Å². The first kappa shape index (κ1) is 15.6. The van der Waals surface area contributed by atoms with Crippen LogP contribution < -0.4 is 5.32 Å². The Bertz CT molecular complexity index is 570. The van der Waals surface area contributed by atoms with Crippen molar-refractivity contribution in [3.05, 3.63) is 71.3 Å². The Hall–Kier alpha value is -1.78. The summed E-state index contributed by atoms with van der Waals surface area (Å²) in [6, 6.07) is 13.6. The highest BCUT2D eigenvalue weighted by Crippen LogP contribution is 2.16. The molecule has 2 nitrogen and oxygen atoms in total. The van der Waals surface area contributed by atoms with Gasteiger partial charge in [-0.25, -0.2) is 8.78 Å². The molecule has 0 spiro atoms. The lowest BCUT2D eigenvalue weighted by Gasteiger charge is -2.23. The molecule has 0 aliphatic heterocycles. The van der Waals surface area contributed by atoms with E-state index < -0.39 is 5.82 Å². The molecule has 4 heteroatoms. The van der Waals surface area contributed by atoms with Crippen molar-refractivity contribution in [3.63, 3.8) is 0 Å². The first-order chi connectivity index (χ1) is 10.1. The van der Waals surface area contributed by atoms with Gasteiger partial charge in [-0.15, -0.1) is 0 Å². The van der Waals surface area contributed by atoms with E-state index in [0.29, 0.717) is 5.56 Å². The van der Waals surface area contributed by atoms with Crippen molar-refractivity contribution in [2.45, 2.75) is 12.6 Å². The molecule has 0 radical (unpaired) electrons. The van der Waals surface area contributed by atoms with Crippen LogP contribution in [0.5, 0.6) is 0 Å². The number of hydrogen-bond donors (Lipinski definition) is 1. The van der Waals surface area contributed by atoms with Crippen LogP contribution in [0.3, 0.4) is 0 Å². The molecule has 1 atom stereocenters. The van der Waals surface area contributed by atoms with E-state index in [1.54, 1.807) is 0 Å². The minimum Gasteiger partial charge on any atom is -0.308 e. The van der Waals surface area contributed by atoms with E-state index in [0.717, 1.165) is 24.2 Å². The van der Waals surface area contributed by atoms with Crippen molar-refractivity contribution in [1.82, 2.24) is 10.2 Å². The van der Waals surface area contributed by atoms with Crippen molar-refractivity contribution < 1.29 is 8.78 Å². The Morgan fingerprint density at radius 2 is 1.76 bits per heavy atom. The predicted octanol–water partition coefficient (Wildman–Crippen LogP) is 3.36. The zero-order chi connectivity index (χ0) is 15.2. The normalized spacial score (nSPS) is 12.6. The van der Waals surface area contributed by atoms with Crippen LogP contribution in [-0.4, -0.2) is 25.5 Å². The number of likely N-dealkylation sites (N-methyl/N-ethyl adjacent to an activating group) is 1. The number of nitrogens with zero attached hydrogens (tertiary/aromatic N) is 1. The lowest BCUT2D eigenvalue weighted by Crippen LogP contribution is -2.31. The van der Waals surface area contributed by atoms with Crippen LogP contribution in [-0.2, 0) is 6.54 Å². The van der Waals surface area contributed by atoms with Crippen LogP contribution in [0.1, 0.15) is 17.2 Å². The first-order valence-electron chi connectivity index (χ1n) is 6.93. The minimum atomic E-state index is -0.419. The van der Waals surface area contributed by atoms with E-state index >= 15 is 0 Å². The van der Waals surface area contributed by atoms with Crippen LogP contribution in [0.4, 0.5) is 8.78 Å². The minimum absolute atomic E-state index is 0.0591. The fraction of sp³-hybridized carbons (Fsp3) is 0.294. The largest absolute Gasteiger partial charge is 0.308 e. The van der Waals surface area contributed by atoms with Gasteiger partial charge in [-0.05, 0) is 37.9 Å². The second-order valence-electron chi connectivity index (χ2n) is 5.34. The summed E-state index contributed by atoms with van der Waals surface area (Å²) in [4.78, 5) is 2.06. The second kappa shape index (κ2) is 7.29. The topological polar surface area (TPSA) is 15.3 Å². The van der Waals surface area contributed by atoms with Gasteiger partial charge >= 0.3 is 0 Å². The van der Waals surface area contributed by atoms with Crippen LogP contribution >= 0.6 is 0 Å². The Morgan fingerprint density at radius 1 is 1.05 bits per heavy atom. The monoisotopic (exact) mass is 290 g/mol. The number of halogens is 2. The molecule has 0 aromatic heterocycles. The maximum atomic E-state index is 13.7. The lowest BCUT2D eigenvalue weighted by atomic mass is 10.1. The third kappa shape index (κ3) is 4.62. The second-order valence-corrected chi connectivity index (χ2v) is 5.34. The quantitative estimate of drug-likeness (QED) is 0.877. The summed E-state index contributed by atoms with van der Waals surface area (Å²) in [6.45, 7) is 1.07. The highest BCUT2D eigenvalue weighted by atomic mass is 19.1. The third-order valence-electron chi connectivity index (χ3n) is 3.30. The zero-order valence-corrected chi connectivity index (χ0v) is 12.3. The van der Waals surface area contributed by atoms with Gasteiger partial charge < -0.3 is 10.2 Å². The molecule has 0 fully saturated rings. The number of benzene rings is 2. The first-order valence-corrected chi connectivity index (χ1v) is 6.93. The molecular weight excluding hydrogens is 270 g/mol. The molecule has 112 valence electrons. The summed E-state index contributed by atoms with van der Waals surface area (Å²) in [5.41, 5.74) is 1.47. The van der Waals surface area contributed by atoms with Crippen LogP contribution in [0, 0.1) is 11.6 Å². The van der Waals surface area contributed by atoms with Crippen LogP contribution in [0.25, 0.3) is 0 Å². The highest BCUT2D eigenvalue weighted by molar-refractivity contribution is 5.21. The van der Waals surface area contributed by atoms with Gasteiger partial charge in [0.05, 0.1) is 0 Å². The Balaban J connectivity index is 2.10. The molecule has 0 amide bonds. The number of nitrogens with one attached hydrogen (secondary N) is 1. The van der Waals surface area contributed by atoms with Gasteiger partial charge in [-0.3, -0.25) is 0 Å². The molecule has 1 N–H and O–H groups in total. The average molecular weight is 290 g/mol. The molecule has 2 rings (SSSR count). The molecule has 1 unspecified atom stereocenters. The number of hydrogen-bond acceptors (Lipinski definition) is 2. The van der Waals surface area contributed by atoms with Crippen molar-refractivity contribution in [3.8, 4) is 0 Å². The van der Waals surface area contributed by atoms with Gasteiger partial charge in [-0.1, -0.05) is 30.3 Å². The summed E-state index contributed by atoms with van der Waals surface area (Å²) in [5.74, 6) is -0.808. The maximum Gasteiger partial charge on any atom is 0.127 e. The highest BCUT2D eigenvalue weighted by Gasteiger charge is 2.13. The molecule has 0 heterocycles. The summed E-state index contributed by atoms with van der Waals surface area (Å²) in [7, 11) is 3.97. The molecule has 0 aliphatic carbocycles. The lowest BCUT2D eigenvalue weighted by molar-refractivity contribution is 0.339. The fourth-order valence-corrected chi connectivity index (χ4v) is 2.25.